The van der Waals surface area contributed by atoms with Crippen molar-refractivity contribution in [3.8, 4) is 0 Å². The van der Waals surface area contributed by atoms with Gasteiger partial charge in [-0.15, -0.1) is 0 Å². The third-order valence-corrected chi connectivity index (χ3v) is 3.02. The van der Waals surface area contributed by atoms with Crippen LogP contribution in [0.25, 0.3) is 0 Å². The van der Waals surface area contributed by atoms with Gasteiger partial charge in [-0.1, -0.05) is 29.3 Å². The van der Waals surface area contributed by atoms with Crippen LogP contribution in [0.1, 0.15) is 28.3 Å². The van der Waals surface area contributed by atoms with Crippen LogP contribution < -0.4 is 11.5 Å². The summed E-state index contributed by atoms with van der Waals surface area (Å²) in [5.41, 5.74) is 17.5. The third kappa shape index (κ3) is 2.87. The molecule has 0 amide bonds. The fourth-order valence-electron chi connectivity index (χ4n) is 2.28. The van der Waals surface area contributed by atoms with Gasteiger partial charge in [0.2, 0.25) is 0 Å². The molecular weight excluding hydrogens is 222 g/mol. The van der Waals surface area contributed by atoms with Crippen molar-refractivity contribution >= 4 is 5.69 Å². The zero-order valence-electron chi connectivity index (χ0n) is 10.9. The van der Waals surface area contributed by atoms with Crippen LogP contribution in [0.5, 0.6) is 0 Å². The molecule has 18 heavy (non-hydrogen) atoms. The molecule has 1 aromatic heterocycles. The van der Waals surface area contributed by atoms with Gasteiger partial charge in [-0.25, -0.2) is 0 Å². The molecule has 0 bridgehead atoms. The molecule has 2 rings (SSSR count). The smallest absolute Gasteiger partial charge is 0.0393 e. The third-order valence-electron chi connectivity index (χ3n) is 3.02. The van der Waals surface area contributed by atoms with E-state index in [0.29, 0.717) is 5.69 Å². The van der Waals surface area contributed by atoms with Crippen LogP contribution in [0, 0.1) is 13.8 Å². The molecule has 0 spiro atoms. The van der Waals surface area contributed by atoms with Crippen molar-refractivity contribution in [1.29, 1.82) is 0 Å². The lowest BCUT2D eigenvalue weighted by Crippen LogP contribution is -2.15. The minimum atomic E-state index is -0.111. The lowest BCUT2D eigenvalue weighted by molar-refractivity contribution is 0.719. The zero-order valence-corrected chi connectivity index (χ0v) is 10.9. The van der Waals surface area contributed by atoms with Crippen molar-refractivity contribution in [2.45, 2.75) is 26.3 Å². The lowest BCUT2D eigenvalue weighted by atomic mass is 9.97. The molecule has 1 aromatic carbocycles. The first-order valence-electron chi connectivity index (χ1n) is 6.08. The number of nitrogen functional groups attached to an aromatic ring is 1. The van der Waals surface area contributed by atoms with E-state index in [1.54, 1.807) is 18.5 Å². The minimum Gasteiger partial charge on any atom is -0.398 e. The molecule has 0 aliphatic carbocycles. The summed E-state index contributed by atoms with van der Waals surface area (Å²) in [6, 6.07) is 8.17. The van der Waals surface area contributed by atoms with E-state index in [0.717, 1.165) is 12.0 Å². The predicted molar refractivity (Wildman–Crippen MR) is 75.2 cm³/mol. The van der Waals surface area contributed by atoms with Gasteiger partial charge in [-0.05, 0) is 31.9 Å². The fraction of sp³-hybridized carbons (Fsp3) is 0.267. The van der Waals surface area contributed by atoms with E-state index in [2.05, 4.69) is 37.0 Å². The number of nitrogens with zero attached hydrogens (tertiary/aromatic N) is 1. The Hall–Kier alpha value is -1.87. The van der Waals surface area contributed by atoms with Gasteiger partial charge >= 0.3 is 0 Å². The van der Waals surface area contributed by atoms with Crippen molar-refractivity contribution in [3.05, 3.63) is 58.9 Å². The maximum absolute atomic E-state index is 6.21. The Morgan fingerprint density at radius 1 is 1.17 bits per heavy atom. The Morgan fingerprint density at radius 2 is 1.83 bits per heavy atom. The van der Waals surface area contributed by atoms with Gasteiger partial charge in [0.15, 0.2) is 0 Å². The summed E-state index contributed by atoms with van der Waals surface area (Å²) in [4.78, 5) is 4.08. The van der Waals surface area contributed by atoms with Crippen molar-refractivity contribution in [1.82, 2.24) is 4.98 Å². The molecule has 0 fully saturated rings. The number of pyridine rings is 1. The Labute approximate surface area is 108 Å². The number of anilines is 1. The Bertz CT molecular complexity index is 529. The number of benzene rings is 1. The van der Waals surface area contributed by atoms with Gasteiger partial charge < -0.3 is 11.5 Å². The molecule has 1 atom stereocenters. The summed E-state index contributed by atoms with van der Waals surface area (Å²) >= 11 is 0. The molecule has 1 unspecified atom stereocenters. The van der Waals surface area contributed by atoms with Gasteiger partial charge in [-0.2, -0.15) is 0 Å². The molecule has 1 heterocycles. The highest BCUT2D eigenvalue weighted by molar-refractivity contribution is 5.46. The number of hydrogen-bond donors (Lipinski definition) is 2. The van der Waals surface area contributed by atoms with E-state index in [4.69, 9.17) is 11.5 Å². The number of aromatic nitrogens is 1. The van der Waals surface area contributed by atoms with Crippen LogP contribution in [-0.2, 0) is 6.42 Å². The summed E-state index contributed by atoms with van der Waals surface area (Å²) in [7, 11) is 0. The normalized spacial score (nSPS) is 12.4. The summed E-state index contributed by atoms with van der Waals surface area (Å²) in [6.07, 6.45) is 4.21. The largest absolute Gasteiger partial charge is 0.398 e. The maximum Gasteiger partial charge on any atom is 0.0393 e. The second-order valence-electron chi connectivity index (χ2n) is 4.81. The van der Waals surface area contributed by atoms with E-state index in [1.807, 2.05) is 0 Å². The van der Waals surface area contributed by atoms with E-state index in [-0.39, 0.29) is 6.04 Å². The first kappa shape index (κ1) is 12.6. The summed E-state index contributed by atoms with van der Waals surface area (Å²) in [5.74, 6) is 0. The highest BCUT2D eigenvalue weighted by Crippen LogP contribution is 2.21. The first-order chi connectivity index (χ1) is 8.56. The molecule has 0 saturated heterocycles. The molecule has 3 heteroatoms. The number of rotatable bonds is 3. The lowest BCUT2D eigenvalue weighted by Gasteiger charge is -2.14. The van der Waals surface area contributed by atoms with Crippen LogP contribution in [0.3, 0.4) is 0 Å². The topological polar surface area (TPSA) is 64.9 Å². The number of aryl methyl sites for hydroxylation is 2. The number of nitrogens with two attached hydrogens (primary N) is 2. The van der Waals surface area contributed by atoms with Crippen LogP contribution in [-0.4, -0.2) is 4.98 Å². The molecule has 0 aliphatic rings. The quantitative estimate of drug-likeness (QED) is 0.867. The molecule has 94 valence electrons. The predicted octanol–water partition coefficient (Wildman–Crippen LogP) is 2.52. The number of hydrogen-bond acceptors (Lipinski definition) is 3. The Morgan fingerprint density at radius 3 is 2.44 bits per heavy atom. The second-order valence-corrected chi connectivity index (χ2v) is 4.81. The maximum atomic E-state index is 6.21. The monoisotopic (exact) mass is 241 g/mol. The van der Waals surface area contributed by atoms with E-state index < -0.39 is 0 Å². The van der Waals surface area contributed by atoms with Gasteiger partial charge in [0.1, 0.15) is 0 Å². The van der Waals surface area contributed by atoms with Gasteiger partial charge in [0, 0.05) is 29.7 Å². The van der Waals surface area contributed by atoms with Crippen LogP contribution in [0.2, 0.25) is 0 Å². The Kier molecular flexibility index (Phi) is 3.63. The summed E-state index contributed by atoms with van der Waals surface area (Å²) < 4.78 is 0. The van der Waals surface area contributed by atoms with Gasteiger partial charge in [0.05, 0.1) is 0 Å². The van der Waals surface area contributed by atoms with Gasteiger partial charge in [0.25, 0.3) is 0 Å². The average molecular weight is 241 g/mol. The van der Waals surface area contributed by atoms with E-state index in [1.165, 1.54) is 16.7 Å². The summed E-state index contributed by atoms with van der Waals surface area (Å²) in [5, 5.41) is 0. The molecule has 2 aromatic rings. The van der Waals surface area contributed by atoms with Crippen molar-refractivity contribution in [3.63, 3.8) is 0 Å². The molecule has 0 saturated carbocycles. The molecule has 4 N–H and O–H groups in total. The van der Waals surface area contributed by atoms with Gasteiger partial charge in [-0.3, -0.25) is 4.98 Å². The van der Waals surface area contributed by atoms with Crippen LogP contribution in [0.4, 0.5) is 5.69 Å². The molecule has 0 aliphatic heterocycles. The second kappa shape index (κ2) is 5.19. The molecule has 3 nitrogen and oxygen atoms in total. The Balaban J connectivity index is 2.21. The summed E-state index contributed by atoms with van der Waals surface area (Å²) in [6.45, 7) is 4.20. The van der Waals surface area contributed by atoms with Crippen molar-refractivity contribution < 1.29 is 0 Å². The first-order valence-corrected chi connectivity index (χ1v) is 6.08. The van der Waals surface area contributed by atoms with Crippen molar-refractivity contribution in [2.75, 3.05) is 5.73 Å². The minimum absolute atomic E-state index is 0.111. The van der Waals surface area contributed by atoms with E-state index in [9.17, 15) is 0 Å². The molecular formula is C15H19N3. The molecule has 0 radical (unpaired) electrons. The zero-order chi connectivity index (χ0) is 13.1. The highest BCUT2D eigenvalue weighted by Gasteiger charge is 2.10. The van der Waals surface area contributed by atoms with Crippen LogP contribution in [0.15, 0.2) is 36.7 Å². The SMILES string of the molecule is Cc1cc(C)cc(CC(N)c2cnccc2N)c1. The highest BCUT2D eigenvalue weighted by atomic mass is 14.7. The fourth-order valence-corrected chi connectivity index (χ4v) is 2.28. The van der Waals surface area contributed by atoms with Crippen LogP contribution >= 0.6 is 0 Å². The van der Waals surface area contributed by atoms with E-state index >= 15 is 0 Å². The van der Waals surface area contributed by atoms with Crippen molar-refractivity contribution in [2.24, 2.45) is 5.73 Å². The average Bonchev–Trinajstić information content (AvgIpc) is 2.27. The standard InChI is InChI=1S/C15H19N3/c1-10-5-11(2)7-12(6-10)8-15(17)13-9-18-4-3-14(13)16/h3-7,9,15H,8,17H2,1-2H3,(H2,16,18).